The van der Waals surface area contributed by atoms with Crippen molar-refractivity contribution in [3.63, 3.8) is 0 Å². The molecule has 4 aromatic rings. The van der Waals surface area contributed by atoms with Crippen molar-refractivity contribution in [1.29, 1.82) is 5.26 Å². The fourth-order valence-corrected chi connectivity index (χ4v) is 3.27. The molecular weight excluding hydrogens is 352 g/mol. The van der Waals surface area contributed by atoms with Crippen LogP contribution in [-0.2, 0) is 6.54 Å². The molecule has 0 unspecified atom stereocenters. The monoisotopic (exact) mass is 370 g/mol. The number of hydrogen-bond donors (Lipinski definition) is 1. The molecular formula is C22H18N4O2. The van der Waals surface area contributed by atoms with Crippen molar-refractivity contribution in [2.24, 2.45) is 0 Å². The van der Waals surface area contributed by atoms with E-state index in [2.05, 4.69) is 39.6 Å². The Morgan fingerprint density at radius 3 is 2.46 bits per heavy atom. The Bertz CT molecular complexity index is 1210. The molecule has 138 valence electrons. The molecule has 28 heavy (non-hydrogen) atoms. The molecule has 0 atom stereocenters. The van der Waals surface area contributed by atoms with Crippen molar-refractivity contribution < 1.29 is 9.47 Å². The molecule has 6 heteroatoms. The van der Waals surface area contributed by atoms with Gasteiger partial charge in [0.1, 0.15) is 11.9 Å². The van der Waals surface area contributed by atoms with Gasteiger partial charge in [0.15, 0.2) is 11.5 Å². The molecule has 0 amide bonds. The highest BCUT2D eigenvalue weighted by Crippen LogP contribution is 2.34. The Morgan fingerprint density at radius 1 is 0.929 bits per heavy atom. The second-order valence-electron chi connectivity index (χ2n) is 6.22. The number of methoxy groups -OCH3 is 2. The smallest absolute Gasteiger partial charge is 0.234 e. The summed E-state index contributed by atoms with van der Waals surface area (Å²) in [5, 5.41) is 15.8. The third kappa shape index (κ3) is 3.14. The average molecular weight is 370 g/mol. The lowest BCUT2D eigenvalue weighted by atomic mass is 10.0. The zero-order chi connectivity index (χ0) is 19.5. The standard InChI is InChI=1S/C22H18N4O2/c1-27-19-10-17-18(11-20(19)28-2)25-21(12-23)26-22(17)24-13-15-8-5-7-14-6-3-4-9-16(14)15/h3-11H,13H2,1-2H3,(H,24,25,26). The molecule has 0 aliphatic rings. The summed E-state index contributed by atoms with van der Waals surface area (Å²) in [5.41, 5.74) is 1.76. The first-order valence-corrected chi connectivity index (χ1v) is 8.78. The summed E-state index contributed by atoms with van der Waals surface area (Å²) in [4.78, 5) is 8.66. The van der Waals surface area contributed by atoms with E-state index in [1.165, 1.54) is 10.8 Å². The highest BCUT2D eigenvalue weighted by Gasteiger charge is 2.13. The lowest BCUT2D eigenvalue weighted by molar-refractivity contribution is 0.356. The number of nitrogens with zero attached hydrogens (tertiary/aromatic N) is 3. The molecule has 0 aliphatic heterocycles. The molecule has 0 radical (unpaired) electrons. The maximum atomic E-state index is 9.32. The Morgan fingerprint density at radius 2 is 1.68 bits per heavy atom. The van der Waals surface area contributed by atoms with Crippen LogP contribution in [0.3, 0.4) is 0 Å². The van der Waals surface area contributed by atoms with Gasteiger partial charge >= 0.3 is 0 Å². The number of nitrogens with one attached hydrogen (secondary N) is 1. The number of anilines is 1. The van der Waals surface area contributed by atoms with Crippen LogP contribution in [0.25, 0.3) is 21.7 Å². The number of hydrogen-bond acceptors (Lipinski definition) is 6. The van der Waals surface area contributed by atoms with Crippen LogP contribution in [0.1, 0.15) is 11.4 Å². The van der Waals surface area contributed by atoms with Gasteiger partial charge in [-0.15, -0.1) is 0 Å². The zero-order valence-electron chi connectivity index (χ0n) is 15.6. The molecule has 0 fully saturated rings. The fourth-order valence-electron chi connectivity index (χ4n) is 3.27. The third-order valence-electron chi connectivity index (χ3n) is 4.63. The van der Waals surface area contributed by atoms with E-state index in [1.54, 1.807) is 20.3 Å². The molecule has 0 bridgehead atoms. The zero-order valence-corrected chi connectivity index (χ0v) is 15.6. The van der Waals surface area contributed by atoms with Crippen molar-refractivity contribution in [1.82, 2.24) is 9.97 Å². The Labute approximate surface area is 162 Å². The van der Waals surface area contributed by atoms with Gasteiger partial charge in [-0.05, 0) is 22.4 Å². The van der Waals surface area contributed by atoms with E-state index >= 15 is 0 Å². The predicted molar refractivity (Wildman–Crippen MR) is 109 cm³/mol. The third-order valence-corrected chi connectivity index (χ3v) is 4.63. The first-order valence-electron chi connectivity index (χ1n) is 8.78. The van der Waals surface area contributed by atoms with Crippen LogP contribution in [0.5, 0.6) is 11.5 Å². The number of ether oxygens (including phenoxy) is 2. The van der Waals surface area contributed by atoms with E-state index in [0.29, 0.717) is 29.4 Å². The molecule has 0 saturated carbocycles. The average Bonchev–Trinajstić information content (AvgIpc) is 2.76. The predicted octanol–water partition coefficient (Wildman–Crippen LogP) is 4.28. The summed E-state index contributed by atoms with van der Waals surface area (Å²) in [6.45, 7) is 0.562. The van der Waals surface area contributed by atoms with Crippen molar-refractivity contribution >= 4 is 27.5 Å². The van der Waals surface area contributed by atoms with E-state index in [0.717, 1.165) is 10.9 Å². The molecule has 3 aromatic carbocycles. The van der Waals surface area contributed by atoms with Crippen LogP contribution >= 0.6 is 0 Å². The molecule has 1 heterocycles. The summed E-state index contributed by atoms with van der Waals surface area (Å²) >= 11 is 0. The van der Waals surface area contributed by atoms with Gasteiger partial charge in [-0.3, -0.25) is 0 Å². The summed E-state index contributed by atoms with van der Waals surface area (Å²) in [5.74, 6) is 1.81. The number of nitriles is 1. The van der Waals surface area contributed by atoms with E-state index in [9.17, 15) is 5.26 Å². The van der Waals surface area contributed by atoms with Gasteiger partial charge < -0.3 is 14.8 Å². The van der Waals surface area contributed by atoms with E-state index in [4.69, 9.17) is 9.47 Å². The molecule has 0 aliphatic carbocycles. The highest BCUT2D eigenvalue weighted by molar-refractivity contribution is 5.92. The first kappa shape index (κ1) is 17.6. The maximum absolute atomic E-state index is 9.32. The van der Waals surface area contributed by atoms with Crippen molar-refractivity contribution in [2.45, 2.75) is 6.54 Å². The second-order valence-corrected chi connectivity index (χ2v) is 6.22. The topological polar surface area (TPSA) is 80.1 Å². The van der Waals surface area contributed by atoms with Gasteiger partial charge in [-0.2, -0.15) is 5.26 Å². The lowest BCUT2D eigenvalue weighted by Gasteiger charge is -2.13. The molecule has 1 aromatic heterocycles. The fraction of sp³-hybridized carbons (Fsp3) is 0.136. The normalized spacial score (nSPS) is 10.6. The number of benzene rings is 3. The SMILES string of the molecule is COc1cc2nc(C#N)nc(NCc3cccc4ccccc34)c2cc1OC. The van der Waals surface area contributed by atoms with Crippen molar-refractivity contribution in [3.8, 4) is 17.6 Å². The summed E-state index contributed by atoms with van der Waals surface area (Å²) in [6, 6.07) is 20.0. The summed E-state index contributed by atoms with van der Waals surface area (Å²) in [7, 11) is 3.15. The van der Waals surface area contributed by atoms with Gasteiger partial charge in [0.05, 0.1) is 19.7 Å². The molecule has 6 nitrogen and oxygen atoms in total. The van der Waals surface area contributed by atoms with Gasteiger partial charge in [0, 0.05) is 18.0 Å². The quantitative estimate of drug-likeness (QED) is 0.565. The minimum Gasteiger partial charge on any atom is -0.493 e. The van der Waals surface area contributed by atoms with Gasteiger partial charge in [0.25, 0.3) is 0 Å². The van der Waals surface area contributed by atoms with Gasteiger partial charge in [-0.1, -0.05) is 42.5 Å². The number of rotatable bonds is 5. The van der Waals surface area contributed by atoms with Gasteiger partial charge in [0.2, 0.25) is 5.82 Å². The lowest BCUT2D eigenvalue weighted by Crippen LogP contribution is -2.05. The minimum atomic E-state index is 0.0974. The second kappa shape index (κ2) is 7.41. The van der Waals surface area contributed by atoms with Crippen LogP contribution in [-0.4, -0.2) is 24.2 Å². The van der Waals surface area contributed by atoms with Crippen LogP contribution in [0.2, 0.25) is 0 Å². The number of aromatic nitrogens is 2. The molecule has 4 rings (SSSR count). The Hall–Kier alpha value is -3.85. The van der Waals surface area contributed by atoms with Gasteiger partial charge in [-0.25, -0.2) is 9.97 Å². The van der Waals surface area contributed by atoms with E-state index < -0.39 is 0 Å². The van der Waals surface area contributed by atoms with Crippen LogP contribution < -0.4 is 14.8 Å². The molecule has 0 saturated heterocycles. The first-order chi connectivity index (χ1) is 13.7. The van der Waals surface area contributed by atoms with Crippen LogP contribution in [0.4, 0.5) is 5.82 Å². The highest BCUT2D eigenvalue weighted by atomic mass is 16.5. The number of fused-ring (bicyclic) bond motifs is 2. The van der Waals surface area contributed by atoms with Crippen molar-refractivity contribution in [3.05, 3.63) is 66.0 Å². The maximum Gasteiger partial charge on any atom is 0.234 e. The van der Waals surface area contributed by atoms with Crippen LogP contribution in [0.15, 0.2) is 54.6 Å². The van der Waals surface area contributed by atoms with Crippen molar-refractivity contribution in [2.75, 3.05) is 19.5 Å². The molecule has 1 N–H and O–H groups in total. The molecule has 0 spiro atoms. The summed E-state index contributed by atoms with van der Waals surface area (Å²) < 4.78 is 10.7. The van der Waals surface area contributed by atoms with Crippen LogP contribution in [0, 0.1) is 11.3 Å². The Kier molecular flexibility index (Phi) is 4.65. The largest absolute Gasteiger partial charge is 0.493 e. The minimum absolute atomic E-state index is 0.0974. The summed E-state index contributed by atoms with van der Waals surface area (Å²) in [6.07, 6.45) is 0. The van der Waals surface area contributed by atoms with E-state index in [1.807, 2.05) is 30.3 Å². The van der Waals surface area contributed by atoms with E-state index in [-0.39, 0.29) is 5.82 Å². The Balaban J connectivity index is 1.78.